The van der Waals surface area contributed by atoms with Crippen molar-refractivity contribution in [1.29, 1.82) is 0 Å². The first-order chi connectivity index (χ1) is 11.8. The van der Waals surface area contributed by atoms with Gasteiger partial charge in [0.1, 0.15) is 12.1 Å². The number of aromatic nitrogens is 2. The van der Waals surface area contributed by atoms with Crippen molar-refractivity contribution < 1.29 is 8.42 Å². The van der Waals surface area contributed by atoms with E-state index in [4.69, 9.17) is 0 Å². The van der Waals surface area contributed by atoms with Gasteiger partial charge < -0.3 is 4.90 Å². The molecule has 1 aromatic carbocycles. The Morgan fingerprint density at radius 3 is 2.20 bits per heavy atom. The summed E-state index contributed by atoms with van der Waals surface area (Å²) in [5.74, 6) is 0.880. The van der Waals surface area contributed by atoms with Gasteiger partial charge in [-0.05, 0) is 50.5 Å². The summed E-state index contributed by atoms with van der Waals surface area (Å²) in [7, 11) is -3.45. The number of anilines is 1. The largest absolute Gasteiger partial charge is 0.353 e. The molecule has 2 atom stereocenters. The summed E-state index contributed by atoms with van der Waals surface area (Å²) >= 11 is 0. The maximum absolute atomic E-state index is 13.1. The van der Waals surface area contributed by atoms with Crippen LogP contribution in [0.25, 0.3) is 0 Å². The number of piperazine rings is 1. The number of aryl methyl sites for hydroxylation is 3. The molecule has 6 nitrogen and oxygen atoms in total. The Morgan fingerprint density at radius 2 is 1.60 bits per heavy atom. The predicted octanol–water partition coefficient (Wildman–Crippen LogP) is 2.05. The second kappa shape index (κ2) is 5.78. The van der Waals surface area contributed by atoms with Crippen LogP contribution in [0.5, 0.6) is 0 Å². The van der Waals surface area contributed by atoms with Gasteiger partial charge in [0.2, 0.25) is 10.0 Å². The highest BCUT2D eigenvalue weighted by Crippen LogP contribution is 2.38. The van der Waals surface area contributed by atoms with Crippen LogP contribution >= 0.6 is 0 Å². The highest BCUT2D eigenvalue weighted by Gasteiger charge is 2.51. The lowest BCUT2D eigenvalue weighted by Gasteiger charge is -2.55. The molecule has 3 aliphatic rings. The number of hydrogen-bond acceptors (Lipinski definition) is 5. The quantitative estimate of drug-likeness (QED) is 0.840. The normalized spacial score (nSPS) is 23.4. The van der Waals surface area contributed by atoms with E-state index in [-0.39, 0.29) is 12.1 Å². The van der Waals surface area contributed by atoms with E-state index in [0.717, 1.165) is 29.1 Å². The van der Waals surface area contributed by atoms with Crippen molar-refractivity contribution in [1.82, 2.24) is 14.3 Å². The summed E-state index contributed by atoms with van der Waals surface area (Å²) in [5, 5.41) is 0. The standard InChI is InChI=1S/C18H22N4O2S/c1-12-4-13(2)6-17(5-12)25(23,24)22-15-8-16(22)10-21(9-15)18-7-14(3)19-11-20-18/h4-7,11,15-16H,8-10H2,1-3H3. The fourth-order valence-electron chi connectivity index (χ4n) is 3.97. The molecule has 25 heavy (non-hydrogen) atoms. The maximum Gasteiger partial charge on any atom is 0.243 e. The fourth-order valence-corrected chi connectivity index (χ4v) is 5.98. The minimum atomic E-state index is -3.45. The van der Waals surface area contributed by atoms with Crippen molar-refractivity contribution in [3.63, 3.8) is 0 Å². The lowest BCUT2D eigenvalue weighted by atomic mass is 9.91. The Bertz CT molecular complexity index is 896. The summed E-state index contributed by atoms with van der Waals surface area (Å²) in [5.41, 5.74) is 2.87. The molecular formula is C18H22N4O2S. The van der Waals surface area contributed by atoms with Gasteiger partial charge in [0.15, 0.2) is 0 Å². The molecular weight excluding hydrogens is 336 g/mol. The van der Waals surface area contributed by atoms with Gasteiger partial charge >= 0.3 is 0 Å². The zero-order chi connectivity index (χ0) is 17.8. The molecule has 3 aliphatic heterocycles. The number of benzene rings is 1. The van der Waals surface area contributed by atoms with Crippen LogP contribution in [-0.4, -0.2) is 47.9 Å². The third-order valence-electron chi connectivity index (χ3n) is 5.01. The molecule has 5 rings (SSSR count). The first kappa shape index (κ1) is 16.5. The van der Waals surface area contributed by atoms with Crippen LogP contribution in [0.3, 0.4) is 0 Å². The number of piperidine rings is 1. The molecule has 0 N–H and O–H groups in total. The number of sulfonamides is 1. The van der Waals surface area contributed by atoms with Crippen LogP contribution in [0.2, 0.25) is 0 Å². The van der Waals surface area contributed by atoms with Gasteiger partial charge in [0.05, 0.1) is 4.90 Å². The zero-order valence-corrected chi connectivity index (χ0v) is 15.5. The highest BCUT2D eigenvalue weighted by atomic mass is 32.2. The summed E-state index contributed by atoms with van der Waals surface area (Å²) < 4.78 is 27.9. The van der Waals surface area contributed by atoms with Crippen molar-refractivity contribution in [2.75, 3.05) is 18.0 Å². The minimum Gasteiger partial charge on any atom is -0.353 e. The van der Waals surface area contributed by atoms with Gasteiger partial charge in [-0.1, -0.05) is 6.07 Å². The Hall–Kier alpha value is -1.99. The van der Waals surface area contributed by atoms with Crippen molar-refractivity contribution in [3.05, 3.63) is 47.4 Å². The predicted molar refractivity (Wildman–Crippen MR) is 96.1 cm³/mol. The Balaban J connectivity index is 1.58. The second-order valence-corrected chi connectivity index (χ2v) is 8.97. The van der Waals surface area contributed by atoms with E-state index in [0.29, 0.717) is 18.0 Å². The van der Waals surface area contributed by atoms with Gasteiger partial charge in [-0.25, -0.2) is 18.4 Å². The van der Waals surface area contributed by atoms with Crippen LogP contribution in [-0.2, 0) is 10.0 Å². The Morgan fingerprint density at radius 1 is 0.960 bits per heavy atom. The molecule has 0 radical (unpaired) electrons. The van der Waals surface area contributed by atoms with Crippen LogP contribution in [0.15, 0.2) is 35.5 Å². The van der Waals surface area contributed by atoms with E-state index < -0.39 is 10.0 Å². The van der Waals surface area contributed by atoms with E-state index in [2.05, 4.69) is 14.9 Å². The number of fused-ring (bicyclic) bond motifs is 2. The lowest BCUT2D eigenvalue weighted by molar-refractivity contribution is 0.0874. The monoisotopic (exact) mass is 358 g/mol. The molecule has 7 heteroatoms. The summed E-state index contributed by atoms with van der Waals surface area (Å²) in [6, 6.07) is 7.51. The molecule has 2 aromatic rings. The molecule has 2 unspecified atom stereocenters. The Kier molecular flexibility index (Phi) is 3.81. The minimum absolute atomic E-state index is 0.0137. The second-order valence-electron chi connectivity index (χ2n) is 7.12. The Labute approximate surface area is 148 Å². The molecule has 3 fully saturated rings. The van der Waals surface area contributed by atoms with Gasteiger partial charge in [-0.2, -0.15) is 4.31 Å². The fraction of sp³-hybridized carbons (Fsp3) is 0.444. The molecule has 0 amide bonds. The van der Waals surface area contributed by atoms with Crippen LogP contribution < -0.4 is 4.90 Å². The highest BCUT2D eigenvalue weighted by molar-refractivity contribution is 7.89. The summed E-state index contributed by atoms with van der Waals surface area (Å²) in [6.45, 7) is 7.16. The zero-order valence-electron chi connectivity index (χ0n) is 14.7. The molecule has 4 heterocycles. The maximum atomic E-state index is 13.1. The van der Waals surface area contributed by atoms with E-state index in [9.17, 15) is 8.42 Å². The number of hydrogen-bond donors (Lipinski definition) is 0. The lowest BCUT2D eigenvalue weighted by Crippen LogP contribution is -2.70. The van der Waals surface area contributed by atoms with Crippen LogP contribution in [0, 0.1) is 20.8 Å². The van der Waals surface area contributed by atoms with Crippen LogP contribution in [0.4, 0.5) is 5.82 Å². The van der Waals surface area contributed by atoms with Gasteiger partial charge in [0, 0.05) is 36.9 Å². The smallest absolute Gasteiger partial charge is 0.243 e. The van der Waals surface area contributed by atoms with Gasteiger partial charge in [-0.15, -0.1) is 0 Å². The van der Waals surface area contributed by atoms with Crippen molar-refractivity contribution in [3.8, 4) is 0 Å². The van der Waals surface area contributed by atoms with Gasteiger partial charge in [-0.3, -0.25) is 0 Å². The summed E-state index contributed by atoms with van der Waals surface area (Å²) in [4.78, 5) is 11.0. The topological polar surface area (TPSA) is 66.4 Å². The van der Waals surface area contributed by atoms with E-state index >= 15 is 0 Å². The average molecular weight is 358 g/mol. The molecule has 132 valence electrons. The molecule has 0 spiro atoms. The SMILES string of the molecule is Cc1cc(C)cc(S(=O)(=O)N2C3CC2CN(c2cc(C)ncn2)C3)c1. The molecule has 1 aromatic heterocycles. The molecule has 2 bridgehead atoms. The van der Waals surface area contributed by atoms with Crippen molar-refractivity contribution in [2.45, 2.75) is 44.2 Å². The van der Waals surface area contributed by atoms with Crippen LogP contribution in [0.1, 0.15) is 23.2 Å². The molecule has 0 saturated carbocycles. The first-order valence-electron chi connectivity index (χ1n) is 8.50. The third kappa shape index (κ3) is 2.81. The van der Waals surface area contributed by atoms with Crippen molar-refractivity contribution in [2.24, 2.45) is 0 Å². The third-order valence-corrected chi connectivity index (χ3v) is 6.99. The van der Waals surface area contributed by atoms with E-state index in [1.54, 1.807) is 22.8 Å². The van der Waals surface area contributed by atoms with Crippen molar-refractivity contribution >= 4 is 15.8 Å². The van der Waals surface area contributed by atoms with E-state index in [1.807, 2.05) is 32.9 Å². The number of rotatable bonds is 3. The average Bonchev–Trinajstić information content (AvgIpc) is 2.53. The molecule has 0 aliphatic carbocycles. The molecule has 3 saturated heterocycles. The number of nitrogens with zero attached hydrogens (tertiary/aromatic N) is 4. The van der Waals surface area contributed by atoms with E-state index in [1.165, 1.54) is 0 Å². The van der Waals surface area contributed by atoms with Gasteiger partial charge in [0.25, 0.3) is 0 Å². The summed E-state index contributed by atoms with van der Waals surface area (Å²) in [6.07, 6.45) is 2.49. The first-order valence-corrected chi connectivity index (χ1v) is 9.94.